The quantitative estimate of drug-likeness (QED) is 0.566. The molecule has 1 unspecified atom stereocenters. The molecule has 172 valence electrons. The highest BCUT2D eigenvalue weighted by Crippen LogP contribution is 2.31. The Kier molecular flexibility index (Phi) is 7.74. The molecule has 0 heterocycles. The topological polar surface area (TPSA) is 86.7 Å². The summed E-state index contributed by atoms with van der Waals surface area (Å²) >= 11 is 0. The summed E-state index contributed by atoms with van der Waals surface area (Å²) in [7, 11) is -3.98. The van der Waals surface area contributed by atoms with Crippen LogP contribution in [-0.4, -0.2) is 43.5 Å². The molecule has 2 N–H and O–H groups in total. The van der Waals surface area contributed by atoms with E-state index < -0.39 is 16.0 Å². The number of hydrogen-bond acceptors (Lipinski definition) is 4. The first-order valence-electron chi connectivity index (χ1n) is 11.2. The van der Waals surface area contributed by atoms with Crippen molar-refractivity contribution in [1.82, 2.24) is 4.90 Å². The number of carboxylic acid groups (broad SMARTS) is 1. The average molecular weight is 457 g/mol. The van der Waals surface area contributed by atoms with Crippen LogP contribution in [-0.2, 0) is 22.9 Å². The molecule has 0 saturated heterocycles. The van der Waals surface area contributed by atoms with E-state index in [0.29, 0.717) is 12.0 Å². The zero-order valence-corrected chi connectivity index (χ0v) is 19.8. The normalized spacial score (nSPS) is 15.0. The Balaban J connectivity index is 1.96. The van der Waals surface area contributed by atoms with Gasteiger partial charge in [0.15, 0.2) is 0 Å². The van der Waals surface area contributed by atoms with E-state index in [4.69, 9.17) is 0 Å². The number of fused-ring (bicyclic) bond motifs is 1. The van der Waals surface area contributed by atoms with E-state index in [9.17, 15) is 18.3 Å². The van der Waals surface area contributed by atoms with Gasteiger partial charge in [-0.05, 0) is 74.5 Å². The van der Waals surface area contributed by atoms with E-state index in [2.05, 4.69) is 30.4 Å². The van der Waals surface area contributed by atoms with Gasteiger partial charge in [0, 0.05) is 6.04 Å². The van der Waals surface area contributed by atoms with Crippen molar-refractivity contribution in [3.63, 3.8) is 0 Å². The number of sulfonamides is 1. The van der Waals surface area contributed by atoms with Gasteiger partial charge in [-0.2, -0.15) is 0 Å². The highest BCUT2D eigenvalue weighted by atomic mass is 32.2. The van der Waals surface area contributed by atoms with Crippen LogP contribution >= 0.6 is 0 Å². The highest BCUT2D eigenvalue weighted by molar-refractivity contribution is 7.92. The van der Waals surface area contributed by atoms with Crippen LogP contribution in [0.2, 0.25) is 0 Å². The molecule has 0 aliphatic heterocycles. The minimum Gasteiger partial charge on any atom is -0.478 e. The Labute approximate surface area is 191 Å². The Bertz CT molecular complexity index is 1100. The number of hydrogen-bond donors (Lipinski definition) is 2. The standard InChI is InChI=1S/C25H32N2O4S/c1-4-27(5-2)18(3)14-15-20-11-7-9-13-23(20)32(30,31)26-22-17-16-19-10-6-8-12-21(19)24(22)25(28)29/h7,9,11,13-18,26H,4-6,8,10,12H2,1-3H3,(H,28,29)/b15-14-. The second-order valence-corrected chi connectivity index (χ2v) is 9.75. The molecule has 1 aliphatic carbocycles. The Morgan fingerprint density at radius 1 is 1.12 bits per heavy atom. The summed E-state index contributed by atoms with van der Waals surface area (Å²) in [5, 5.41) is 9.84. The van der Waals surface area contributed by atoms with Gasteiger partial charge in [0.2, 0.25) is 0 Å². The van der Waals surface area contributed by atoms with E-state index in [1.165, 1.54) is 0 Å². The molecule has 1 aliphatic rings. The third-order valence-electron chi connectivity index (χ3n) is 6.14. The maximum absolute atomic E-state index is 13.3. The first kappa shape index (κ1) is 24.0. The first-order valence-corrected chi connectivity index (χ1v) is 12.7. The monoisotopic (exact) mass is 456 g/mol. The molecule has 1 atom stereocenters. The molecule has 0 spiro atoms. The average Bonchev–Trinajstić information content (AvgIpc) is 2.78. The molecule has 6 nitrogen and oxygen atoms in total. The molecule has 3 rings (SSSR count). The number of likely N-dealkylation sites (N-methyl/N-ethyl adjacent to an activating group) is 1. The van der Waals surface area contributed by atoms with E-state index >= 15 is 0 Å². The van der Waals surface area contributed by atoms with Gasteiger partial charge >= 0.3 is 5.97 Å². The SMILES string of the molecule is CCN(CC)C(C)/C=C\c1ccccc1S(=O)(=O)Nc1ccc2c(c1C(=O)O)CCCC2. The molecule has 0 radical (unpaired) electrons. The van der Waals surface area contributed by atoms with Gasteiger partial charge in [-0.15, -0.1) is 0 Å². The second kappa shape index (κ2) is 10.3. The van der Waals surface area contributed by atoms with Crippen LogP contribution in [0, 0.1) is 0 Å². The fraction of sp³-hybridized carbons (Fsp3) is 0.400. The van der Waals surface area contributed by atoms with Crippen LogP contribution in [0.4, 0.5) is 5.69 Å². The zero-order valence-electron chi connectivity index (χ0n) is 19.0. The molecule has 0 amide bonds. The first-order chi connectivity index (χ1) is 15.3. The van der Waals surface area contributed by atoms with Crippen molar-refractivity contribution < 1.29 is 18.3 Å². The largest absolute Gasteiger partial charge is 0.478 e. The van der Waals surface area contributed by atoms with Crippen LogP contribution in [0.1, 0.15) is 60.7 Å². The Morgan fingerprint density at radius 3 is 2.50 bits per heavy atom. The molecule has 0 bridgehead atoms. The number of rotatable bonds is 9. The number of nitrogens with zero attached hydrogens (tertiary/aromatic N) is 1. The molecule has 0 fully saturated rings. The van der Waals surface area contributed by atoms with E-state index in [0.717, 1.165) is 43.5 Å². The summed E-state index contributed by atoms with van der Waals surface area (Å²) in [6.45, 7) is 8.06. The van der Waals surface area contributed by atoms with Crippen LogP contribution < -0.4 is 4.72 Å². The number of anilines is 1. The number of benzene rings is 2. The smallest absolute Gasteiger partial charge is 0.338 e. The lowest BCUT2D eigenvalue weighted by atomic mass is 9.87. The van der Waals surface area contributed by atoms with E-state index in [-0.39, 0.29) is 22.2 Å². The summed E-state index contributed by atoms with van der Waals surface area (Å²) < 4.78 is 29.2. The summed E-state index contributed by atoms with van der Waals surface area (Å²) in [5.41, 5.74) is 2.48. The van der Waals surface area contributed by atoms with Crippen molar-refractivity contribution in [2.75, 3.05) is 17.8 Å². The van der Waals surface area contributed by atoms with Crippen LogP contribution in [0.15, 0.2) is 47.4 Å². The third-order valence-corrected chi connectivity index (χ3v) is 7.58. The third kappa shape index (κ3) is 5.22. The number of carboxylic acids is 1. The number of aryl methyl sites for hydroxylation is 1. The summed E-state index contributed by atoms with van der Waals surface area (Å²) in [5.74, 6) is -1.11. The lowest BCUT2D eigenvalue weighted by molar-refractivity contribution is 0.0696. The van der Waals surface area contributed by atoms with Crippen molar-refractivity contribution in [3.05, 3.63) is 64.7 Å². The highest BCUT2D eigenvalue weighted by Gasteiger charge is 2.25. The molecule has 0 saturated carbocycles. The van der Waals surface area contributed by atoms with Crippen LogP contribution in [0.25, 0.3) is 6.08 Å². The zero-order chi connectivity index (χ0) is 23.3. The number of aromatic carboxylic acids is 1. The fourth-order valence-electron chi connectivity index (χ4n) is 4.38. The van der Waals surface area contributed by atoms with Gasteiger partial charge in [-0.3, -0.25) is 9.62 Å². The molecule has 2 aromatic carbocycles. The number of nitrogens with one attached hydrogen (secondary N) is 1. The minimum atomic E-state index is -3.98. The fourth-order valence-corrected chi connectivity index (χ4v) is 5.66. The predicted octanol–water partition coefficient (Wildman–Crippen LogP) is 4.81. The lowest BCUT2D eigenvalue weighted by Gasteiger charge is -2.23. The predicted molar refractivity (Wildman–Crippen MR) is 129 cm³/mol. The Morgan fingerprint density at radius 2 is 1.81 bits per heavy atom. The lowest BCUT2D eigenvalue weighted by Crippen LogP contribution is -2.31. The summed E-state index contributed by atoms with van der Waals surface area (Å²) in [6.07, 6.45) is 7.20. The Hall–Kier alpha value is -2.64. The maximum Gasteiger partial charge on any atom is 0.338 e. The van der Waals surface area contributed by atoms with Crippen molar-refractivity contribution in [1.29, 1.82) is 0 Å². The second-order valence-electron chi connectivity index (χ2n) is 8.10. The van der Waals surface area contributed by atoms with Crippen LogP contribution in [0.3, 0.4) is 0 Å². The minimum absolute atomic E-state index is 0.0638. The van der Waals surface area contributed by atoms with Crippen molar-refractivity contribution >= 4 is 27.8 Å². The van der Waals surface area contributed by atoms with E-state index in [1.54, 1.807) is 30.3 Å². The molecule has 2 aromatic rings. The molecule has 0 aromatic heterocycles. The summed E-state index contributed by atoms with van der Waals surface area (Å²) in [6, 6.07) is 10.3. The van der Waals surface area contributed by atoms with Crippen molar-refractivity contribution in [2.45, 2.75) is 57.4 Å². The van der Waals surface area contributed by atoms with Crippen molar-refractivity contribution in [3.8, 4) is 0 Å². The van der Waals surface area contributed by atoms with E-state index in [1.807, 2.05) is 18.2 Å². The van der Waals surface area contributed by atoms with Crippen LogP contribution in [0.5, 0.6) is 0 Å². The van der Waals surface area contributed by atoms with Gasteiger partial charge in [-0.1, -0.05) is 50.3 Å². The molecular formula is C25H32N2O4S. The molecule has 32 heavy (non-hydrogen) atoms. The van der Waals surface area contributed by atoms with Gasteiger partial charge in [0.05, 0.1) is 16.1 Å². The van der Waals surface area contributed by atoms with Gasteiger partial charge in [0.25, 0.3) is 10.0 Å². The van der Waals surface area contributed by atoms with Crippen molar-refractivity contribution in [2.24, 2.45) is 0 Å². The molecular weight excluding hydrogens is 424 g/mol. The molecule has 7 heteroatoms. The van der Waals surface area contributed by atoms with Gasteiger partial charge in [-0.25, -0.2) is 13.2 Å². The maximum atomic E-state index is 13.3. The van der Waals surface area contributed by atoms with Gasteiger partial charge in [0.1, 0.15) is 0 Å². The summed E-state index contributed by atoms with van der Waals surface area (Å²) in [4.78, 5) is 14.4. The number of carbonyl (C=O) groups is 1. The van der Waals surface area contributed by atoms with Gasteiger partial charge < -0.3 is 5.11 Å².